The van der Waals surface area contributed by atoms with Crippen LogP contribution in [0, 0.1) is 17.3 Å². The molecule has 98 valence electrons. The zero-order valence-electron chi connectivity index (χ0n) is 11.5. The van der Waals surface area contributed by atoms with E-state index in [2.05, 4.69) is 31.0 Å². The summed E-state index contributed by atoms with van der Waals surface area (Å²) in [6, 6.07) is 0. The minimum absolute atomic E-state index is 0.0848. The first-order chi connectivity index (χ1) is 8.09. The van der Waals surface area contributed by atoms with Gasteiger partial charge in [-0.1, -0.05) is 27.2 Å². The number of carbonyl (C=O) groups excluding carboxylic acids is 1. The Morgan fingerprint density at radius 3 is 2.47 bits per heavy atom. The van der Waals surface area contributed by atoms with Gasteiger partial charge in [0.25, 0.3) is 0 Å². The molecular weight excluding hydrogens is 212 g/mol. The first-order valence-electron chi connectivity index (χ1n) is 7.09. The van der Waals surface area contributed by atoms with E-state index in [-0.39, 0.29) is 5.41 Å². The number of nitrogens with zero attached hydrogens (tertiary/aromatic N) is 1. The Kier molecular flexibility index (Phi) is 3.76. The summed E-state index contributed by atoms with van der Waals surface area (Å²) in [5, 5.41) is 3.38. The van der Waals surface area contributed by atoms with Gasteiger partial charge < -0.3 is 10.2 Å². The molecule has 2 saturated heterocycles. The second-order valence-electron chi connectivity index (χ2n) is 6.12. The summed E-state index contributed by atoms with van der Waals surface area (Å²) < 4.78 is 0. The molecule has 2 rings (SSSR count). The molecule has 3 nitrogen and oxygen atoms in total. The van der Waals surface area contributed by atoms with E-state index in [0.717, 1.165) is 45.4 Å². The number of hydrogen-bond donors (Lipinski definition) is 1. The average Bonchev–Trinajstić information content (AvgIpc) is 2.88. The van der Waals surface area contributed by atoms with Gasteiger partial charge in [0.15, 0.2) is 0 Å². The largest absolute Gasteiger partial charge is 0.342 e. The predicted molar refractivity (Wildman–Crippen MR) is 69.7 cm³/mol. The molecule has 0 saturated carbocycles. The second-order valence-corrected chi connectivity index (χ2v) is 6.12. The highest BCUT2D eigenvalue weighted by molar-refractivity contribution is 5.83. The molecule has 0 aromatic rings. The van der Waals surface area contributed by atoms with Crippen LogP contribution in [0.5, 0.6) is 0 Å². The Bertz CT molecular complexity index is 274. The van der Waals surface area contributed by atoms with Crippen molar-refractivity contribution in [2.75, 3.05) is 26.2 Å². The molecule has 1 amide bonds. The molecule has 0 bridgehead atoms. The molecule has 2 aliphatic heterocycles. The number of rotatable bonds is 3. The number of likely N-dealkylation sites (tertiary alicyclic amines) is 1. The van der Waals surface area contributed by atoms with Gasteiger partial charge in [-0.05, 0) is 31.2 Å². The van der Waals surface area contributed by atoms with Crippen LogP contribution in [-0.2, 0) is 4.79 Å². The molecule has 0 radical (unpaired) electrons. The smallest absolute Gasteiger partial charge is 0.230 e. The fourth-order valence-electron chi connectivity index (χ4n) is 3.36. The van der Waals surface area contributed by atoms with Crippen molar-refractivity contribution in [3.05, 3.63) is 0 Å². The third-order valence-electron chi connectivity index (χ3n) is 4.70. The maximum atomic E-state index is 12.7. The third kappa shape index (κ3) is 2.35. The number of hydrogen-bond acceptors (Lipinski definition) is 2. The van der Waals surface area contributed by atoms with Gasteiger partial charge in [-0.2, -0.15) is 0 Å². The molecule has 0 aliphatic carbocycles. The van der Waals surface area contributed by atoms with Crippen molar-refractivity contribution in [1.29, 1.82) is 0 Å². The average molecular weight is 238 g/mol. The third-order valence-corrected chi connectivity index (χ3v) is 4.70. The first-order valence-corrected chi connectivity index (χ1v) is 7.09. The molecule has 3 heteroatoms. The van der Waals surface area contributed by atoms with Crippen LogP contribution in [0.25, 0.3) is 0 Å². The highest BCUT2D eigenvalue weighted by Gasteiger charge is 2.44. The van der Waals surface area contributed by atoms with Crippen LogP contribution in [0.1, 0.15) is 40.0 Å². The minimum atomic E-state index is -0.0848. The monoisotopic (exact) mass is 238 g/mol. The Morgan fingerprint density at radius 2 is 2.00 bits per heavy atom. The SMILES string of the molecule is CCCC1(C(=O)N2CC(C)C(C)C2)CCNC1. The zero-order chi connectivity index (χ0) is 12.5. The van der Waals surface area contributed by atoms with Crippen LogP contribution >= 0.6 is 0 Å². The van der Waals surface area contributed by atoms with Gasteiger partial charge >= 0.3 is 0 Å². The molecule has 17 heavy (non-hydrogen) atoms. The fraction of sp³-hybridized carbons (Fsp3) is 0.929. The van der Waals surface area contributed by atoms with Crippen molar-refractivity contribution in [1.82, 2.24) is 10.2 Å². The van der Waals surface area contributed by atoms with Crippen molar-refractivity contribution < 1.29 is 4.79 Å². The van der Waals surface area contributed by atoms with Crippen LogP contribution in [0.3, 0.4) is 0 Å². The van der Waals surface area contributed by atoms with Gasteiger partial charge in [-0.3, -0.25) is 4.79 Å². The Hall–Kier alpha value is -0.570. The number of carbonyl (C=O) groups is 1. The first kappa shape index (κ1) is 12.9. The van der Waals surface area contributed by atoms with Gasteiger partial charge in [0, 0.05) is 19.6 Å². The van der Waals surface area contributed by atoms with Crippen molar-refractivity contribution in [3.63, 3.8) is 0 Å². The fourth-order valence-corrected chi connectivity index (χ4v) is 3.36. The Morgan fingerprint density at radius 1 is 1.35 bits per heavy atom. The quantitative estimate of drug-likeness (QED) is 0.814. The second kappa shape index (κ2) is 4.97. The van der Waals surface area contributed by atoms with E-state index in [4.69, 9.17) is 0 Å². The molecule has 2 heterocycles. The highest BCUT2D eigenvalue weighted by Crippen LogP contribution is 2.35. The summed E-state index contributed by atoms with van der Waals surface area (Å²) in [5.74, 6) is 1.74. The summed E-state index contributed by atoms with van der Waals surface area (Å²) in [6.07, 6.45) is 3.17. The summed E-state index contributed by atoms with van der Waals surface area (Å²) >= 11 is 0. The summed E-state index contributed by atoms with van der Waals surface area (Å²) in [6.45, 7) is 10.5. The van der Waals surface area contributed by atoms with Crippen LogP contribution in [0.2, 0.25) is 0 Å². The maximum absolute atomic E-state index is 12.7. The van der Waals surface area contributed by atoms with Crippen LogP contribution in [0.4, 0.5) is 0 Å². The van der Waals surface area contributed by atoms with Crippen LogP contribution < -0.4 is 5.32 Å². The molecule has 0 aromatic carbocycles. The van der Waals surface area contributed by atoms with Crippen LogP contribution in [-0.4, -0.2) is 37.0 Å². The minimum Gasteiger partial charge on any atom is -0.342 e. The van der Waals surface area contributed by atoms with Crippen molar-refractivity contribution in [3.8, 4) is 0 Å². The van der Waals surface area contributed by atoms with E-state index in [1.165, 1.54) is 0 Å². The molecular formula is C14H26N2O. The normalized spacial score (nSPS) is 37.7. The van der Waals surface area contributed by atoms with Gasteiger partial charge in [0.2, 0.25) is 5.91 Å². The van der Waals surface area contributed by atoms with Gasteiger partial charge in [-0.25, -0.2) is 0 Å². The lowest BCUT2D eigenvalue weighted by Gasteiger charge is -2.31. The highest BCUT2D eigenvalue weighted by atomic mass is 16.2. The van der Waals surface area contributed by atoms with Gasteiger partial charge in [0.05, 0.1) is 5.41 Å². The molecule has 3 atom stereocenters. The summed E-state index contributed by atoms with van der Waals surface area (Å²) in [5.41, 5.74) is -0.0848. The Labute approximate surface area is 105 Å². The summed E-state index contributed by atoms with van der Waals surface area (Å²) in [7, 11) is 0. The number of nitrogens with one attached hydrogen (secondary N) is 1. The molecule has 3 unspecified atom stereocenters. The van der Waals surface area contributed by atoms with Crippen molar-refractivity contribution in [2.45, 2.75) is 40.0 Å². The topological polar surface area (TPSA) is 32.3 Å². The molecule has 0 aromatic heterocycles. The Balaban J connectivity index is 2.07. The lowest BCUT2D eigenvalue weighted by atomic mass is 9.81. The maximum Gasteiger partial charge on any atom is 0.230 e. The van der Waals surface area contributed by atoms with E-state index in [1.807, 2.05) is 0 Å². The van der Waals surface area contributed by atoms with E-state index in [0.29, 0.717) is 17.7 Å². The van der Waals surface area contributed by atoms with Gasteiger partial charge in [0.1, 0.15) is 0 Å². The van der Waals surface area contributed by atoms with E-state index < -0.39 is 0 Å². The summed E-state index contributed by atoms with van der Waals surface area (Å²) in [4.78, 5) is 14.9. The molecule has 2 aliphatic rings. The predicted octanol–water partition coefficient (Wildman–Crippen LogP) is 1.88. The van der Waals surface area contributed by atoms with Crippen molar-refractivity contribution >= 4 is 5.91 Å². The molecule has 1 N–H and O–H groups in total. The van der Waals surface area contributed by atoms with Crippen molar-refractivity contribution in [2.24, 2.45) is 17.3 Å². The molecule has 2 fully saturated rings. The number of amides is 1. The van der Waals surface area contributed by atoms with Gasteiger partial charge in [-0.15, -0.1) is 0 Å². The zero-order valence-corrected chi connectivity index (χ0v) is 11.5. The van der Waals surface area contributed by atoms with E-state index >= 15 is 0 Å². The standard InChI is InChI=1S/C14H26N2O/c1-4-5-14(6-7-15-10-14)13(17)16-8-11(2)12(3)9-16/h11-12,15H,4-10H2,1-3H3. The van der Waals surface area contributed by atoms with Crippen LogP contribution in [0.15, 0.2) is 0 Å². The lowest BCUT2D eigenvalue weighted by molar-refractivity contribution is -0.140. The van der Waals surface area contributed by atoms with E-state index in [9.17, 15) is 4.79 Å². The van der Waals surface area contributed by atoms with E-state index in [1.54, 1.807) is 0 Å². The molecule has 0 spiro atoms. The lowest BCUT2D eigenvalue weighted by Crippen LogP contribution is -2.44.